The van der Waals surface area contributed by atoms with Gasteiger partial charge >= 0.3 is 0 Å². The molecule has 1 atom stereocenters. The lowest BCUT2D eigenvalue weighted by Gasteiger charge is -2.22. The van der Waals surface area contributed by atoms with Crippen molar-refractivity contribution in [2.24, 2.45) is 0 Å². The van der Waals surface area contributed by atoms with Crippen molar-refractivity contribution in [2.45, 2.75) is 25.4 Å². The molecule has 1 aliphatic rings. The number of hydrogen-bond acceptors (Lipinski definition) is 2. The largest absolute Gasteiger partial charge is 0.377 e. The fourth-order valence-corrected chi connectivity index (χ4v) is 1.53. The minimum atomic E-state index is 0.355. The maximum absolute atomic E-state index is 5.71. The first-order chi connectivity index (χ1) is 6.33. The molecule has 1 heterocycles. The van der Waals surface area contributed by atoms with Crippen LogP contribution in [0.25, 0.3) is 0 Å². The molecule has 0 aromatic heterocycles. The first kappa shape index (κ1) is 11.3. The van der Waals surface area contributed by atoms with Gasteiger partial charge in [-0.3, -0.25) is 0 Å². The normalized spacial score (nSPS) is 24.8. The molecule has 0 spiro atoms. The summed E-state index contributed by atoms with van der Waals surface area (Å²) >= 11 is 11.1. The van der Waals surface area contributed by atoms with Gasteiger partial charge in [0.2, 0.25) is 0 Å². The van der Waals surface area contributed by atoms with Crippen molar-refractivity contribution < 1.29 is 4.74 Å². The molecule has 0 aliphatic carbocycles. The SMILES string of the molecule is ClC=C(Cl)CNCC1CCCCO1. The lowest BCUT2D eigenvalue weighted by Crippen LogP contribution is -2.32. The van der Waals surface area contributed by atoms with E-state index in [1.807, 2.05) is 0 Å². The summed E-state index contributed by atoms with van der Waals surface area (Å²) in [5.41, 5.74) is 1.39. The van der Waals surface area contributed by atoms with E-state index in [0.29, 0.717) is 17.7 Å². The van der Waals surface area contributed by atoms with Crippen LogP contribution in [0.3, 0.4) is 0 Å². The van der Waals surface area contributed by atoms with Crippen molar-refractivity contribution in [1.82, 2.24) is 5.32 Å². The van der Waals surface area contributed by atoms with E-state index in [4.69, 9.17) is 27.9 Å². The minimum absolute atomic E-state index is 0.355. The molecule has 1 N–H and O–H groups in total. The second-order valence-corrected chi connectivity index (χ2v) is 3.88. The van der Waals surface area contributed by atoms with Crippen molar-refractivity contribution >= 4 is 23.2 Å². The predicted molar refractivity (Wildman–Crippen MR) is 56.2 cm³/mol. The zero-order valence-electron chi connectivity index (χ0n) is 7.56. The molecule has 4 heteroatoms. The van der Waals surface area contributed by atoms with Crippen LogP contribution in [0.5, 0.6) is 0 Å². The number of halogens is 2. The molecule has 0 saturated carbocycles. The van der Waals surface area contributed by atoms with Gasteiger partial charge in [0.1, 0.15) is 0 Å². The van der Waals surface area contributed by atoms with Crippen LogP contribution in [0.15, 0.2) is 10.6 Å². The number of rotatable bonds is 4. The van der Waals surface area contributed by atoms with Crippen molar-refractivity contribution in [3.63, 3.8) is 0 Å². The smallest absolute Gasteiger partial charge is 0.0699 e. The molecular formula is C9H15Cl2NO. The molecule has 0 radical (unpaired) electrons. The van der Waals surface area contributed by atoms with Crippen molar-refractivity contribution in [3.05, 3.63) is 10.6 Å². The standard InChI is InChI=1S/C9H15Cl2NO/c10-5-8(11)6-12-7-9-3-1-2-4-13-9/h5,9,12H,1-4,6-7H2. The number of ether oxygens (including phenoxy) is 1. The van der Waals surface area contributed by atoms with Crippen LogP contribution in [-0.4, -0.2) is 25.8 Å². The topological polar surface area (TPSA) is 21.3 Å². The Kier molecular flexibility index (Phi) is 5.80. The Hall–Kier alpha value is 0.240. The second kappa shape index (κ2) is 6.66. The number of nitrogens with one attached hydrogen (secondary N) is 1. The monoisotopic (exact) mass is 223 g/mol. The van der Waals surface area contributed by atoms with Gasteiger partial charge in [-0.15, -0.1) is 0 Å². The van der Waals surface area contributed by atoms with E-state index in [-0.39, 0.29) is 0 Å². The van der Waals surface area contributed by atoms with Gasteiger partial charge in [0, 0.05) is 30.3 Å². The Morgan fingerprint density at radius 3 is 3.00 bits per heavy atom. The zero-order valence-corrected chi connectivity index (χ0v) is 9.07. The molecule has 1 fully saturated rings. The van der Waals surface area contributed by atoms with Gasteiger partial charge in [-0.25, -0.2) is 0 Å². The summed E-state index contributed by atoms with van der Waals surface area (Å²) in [6, 6.07) is 0. The fraction of sp³-hybridized carbons (Fsp3) is 0.778. The van der Waals surface area contributed by atoms with Gasteiger partial charge in [-0.05, 0) is 19.3 Å². The first-order valence-corrected chi connectivity index (χ1v) is 5.41. The van der Waals surface area contributed by atoms with Gasteiger partial charge in [0.25, 0.3) is 0 Å². The summed E-state index contributed by atoms with van der Waals surface area (Å²) in [5, 5.41) is 3.83. The first-order valence-electron chi connectivity index (χ1n) is 4.60. The van der Waals surface area contributed by atoms with Gasteiger partial charge in [0.15, 0.2) is 0 Å². The Morgan fingerprint density at radius 1 is 1.54 bits per heavy atom. The highest BCUT2D eigenvalue weighted by molar-refractivity contribution is 6.36. The van der Waals surface area contributed by atoms with E-state index in [1.54, 1.807) is 0 Å². The van der Waals surface area contributed by atoms with E-state index in [0.717, 1.165) is 19.6 Å². The predicted octanol–water partition coefficient (Wildman–Crippen LogP) is 2.46. The van der Waals surface area contributed by atoms with Crippen molar-refractivity contribution in [2.75, 3.05) is 19.7 Å². The third-order valence-electron chi connectivity index (χ3n) is 2.06. The molecule has 13 heavy (non-hydrogen) atoms. The molecule has 1 unspecified atom stereocenters. The summed E-state index contributed by atoms with van der Waals surface area (Å²) in [6.45, 7) is 2.39. The lowest BCUT2D eigenvalue weighted by molar-refractivity contribution is 0.0175. The second-order valence-electron chi connectivity index (χ2n) is 3.18. The average molecular weight is 224 g/mol. The molecule has 0 bridgehead atoms. The Labute approximate surface area is 89.2 Å². The molecule has 1 rings (SSSR count). The summed E-state index contributed by atoms with van der Waals surface area (Å²) in [7, 11) is 0. The molecule has 1 saturated heterocycles. The Balaban J connectivity index is 2.04. The van der Waals surface area contributed by atoms with E-state index in [1.165, 1.54) is 18.4 Å². The quantitative estimate of drug-likeness (QED) is 0.791. The van der Waals surface area contributed by atoms with Crippen LogP contribution >= 0.6 is 23.2 Å². The summed E-state index contributed by atoms with van der Waals surface area (Å²) in [6.07, 6.45) is 3.97. The van der Waals surface area contributed by atoms with Crippen LogP contribution in [0.1, 0.15) is 19.3 Å². The van der Waals surface area contributed by atoms with Crippen LogP contribution < -0.4 is 5.32 Å². The third kappa shape index (κ3) is 4.87. The lowest BCUT2D eigenvalue weighted by atomic mass is 10.1. The minimum Gasteiger partial charge on any atom is -0.377 e. The molecular weight excluding hydrogens is 209 g/mol. The van der Waals surface area contributed by atoms with E-state index in [2.05, 4.69) is 5.32 Å². The molecule has 0 aromatic carbocycles. The van der Waals surface area contributed by atoms with E-state index < -0.39 is 0 Å². The Bertz CT molecular complexity index is 167. The number of hydrogen-bond donors (Lipinski definition) is 1. The Morgan fingerprint density at radius 2 is 2.38 bits per heavy atom. The van der Waals surface area contributed by atoms with Gasteiger partial charge in [-0.1, -0.05) is 23.2 Å². The van der Waals surface area contributed by atoms with Crippen molar-refractivity contribution in [1.29, 1.82) is 0 Å². The van der Waals surface area contributed by atoms with Crippen molar-refractivity contribution in [3.8, 4) is 0 Å². The van der Waals surface area contributed by atoms with E-state index >= 15 is 0 Å². The molecule has 76 valence electrons. The average Bonchev–Trinajstić information content (AvgIpc) is 2.19. The third-order valence-corrected chi connectivity index (χ3v) is 2.68. The summed E-state index contributed by atoms with van der Waals surface area (Å²) < 4.78 is 5.54. The maximum atomic E-state index is 5.71. The van der Waals surface area contributed by atoms with Crippen LogP contribution in [0.2, 0.25) is 0 Å². The van der Waals surface area contributed by atoms with Crippen LogP contribution in [0.4, 0.5) is 0 Å². The maximum Gasteiger partial charge on any atom is 0.0699 e. The van der Waals surface area contributed by atoms with Crippen LogP contribution in [-0.2, 0) is 4.74 Å². The molecule has 0 amide bonds. The zero-order chi connectivity index (χ0) is 9.52. The summed E-state index contributed by atoms with van der Waals surface area (Å²) in [4.78, 5) is 0. The van der Waals surface area contributed by atoms with Gasteiger partial charge < -0.3 is 10.1 Å². The highest BCUT2D eigenvalue weighted by Gasteiger charge is 2.12. The van der Waals surface area contributed by atoms with Gasteiger partial charge in [-0.2, -0.15) is 0 Å². The highest BCUT2D eigenvalue weighted by atomic mass is 35.5. The molecule has 2 nitrogen and oxygen atoms in total. The molecule has 1 aliphatic heterocycles. The van der Waals surface area contributed by atoms with E-state index in [9.17, 15) is 0 Å². The highest BCUT2D eigenvalue weighted by Crippen LogP contribution is 2.11. The van der Waals surface area contributed by atoms with Gasteiger partial charge in [0.05, 0.1) is 6.10 Å². The summed E-state index contributed by atoms with van der Waals surface area (Å²) in [5.74, 6) is 0. The molecule has 0 aromatic rings. The fourth-order valence-electron chi connectivity index (χ4n) is 1.36. The van der Waals surface area contributed by atoms with Crippen LogP contribution in [0, 0.1) is 0 Å².